The fourth-order valence-corrected chi connectivity index (χ4v) is 1.49. The molecule has 0 amide bonds. The highest BCUT2D eigenvalue weighted by molar-refractivity contribution is 7.80. The van der Waals surface area contributed by atoms with Gasteiger partial charge in [-0.1, -0.05) is 0 Å². The van der Waals surface area contributed by atoms with Crippen LogP contribution < -0.4 is 16.6 Å². The molecule has 0 radical (unpaired) electrons. The molecule has 1 aromatic rings. The van der Waals surface area contributed by atoms with Gasteiger partial charge >= 0.3 is 5.97 Å². The molecule has 0 saturated carbocycles. The third kappa shape index (κ3) is 2.92. The molecule has 0 aromatic carbocycles. The second-order valence-electron chi connectivity index (χ2n) is 3.25. The van der Waals surface area contributed by atoms with Gasteiger partial charge in [0.2, 0.25) is 0 Å². The molecule has 0 aliphatic heterocycles. The highest BCUT2D eigenvalue weighted by Gasteiger charge is 2.21. The summed E-state index contributed by atoms with van der Waals surface area (Å²) in [6.07, 6.45) is 0. The fourth-order valence-electron chi connectivity index (χ4n) is 1.39. The number of anilines is 1. The van der Waals surface area contributed by atoms with E-state index in [0.29, 0.717) is 23.7 Å². The van der Waals surface area contributed by atoms with Gasteiger partial charge in [0.05, 0.1) is 12.3 Å². The summed E-state index contributed by atoms with van der Waals surface area (Å²) in [6.45, 7) is 3.76. The molecule has 1 heterocycles. The standard InChI is InChI=1S/C9H15N5O2S/c1-4-16-8(15)6-5(2)13-14(3)7(6)11-9(17)12-10/h4,10H2,1-3H3,(H2,11,12,17). The maximum Gasteiger partial charge on any atom is 0.343 e. The van der Waals surface area contributed by atoms with Crippen molar-refractivity contribution in [3.63, 3.8) is 0 Å². The van der Waals surface area contributed by atoms with E-state index in [1.165, 1.54) is 4.68 Å². The third-order valence-electron chi connectivity index (χ3n) is 2.06. The Hall–Kier alpha value is -1.67. The lowest BCUT2D eigenvalue weighted by molar-refractivity contribution is 0.0526. The first-order chi connectivity index (χ1) is 8.01. The van der Waals surface area contributed by atoms with Crippen LogP contribution in [0.3, 0.4) is 0 Å². The SMILES string of the molecule is CCOC(=O)c1c(C)nn(C)c1NC(=S)NN. The molecule has 1 aromatic heterocycles. The van der Waals surface area contributed by atoms with Crippen LogP contribution in [0.2, 0.25) is 0 Å². The molecule has 0 saturated heterocycles. The largest absolute Gasteiger partial charge is 0.462 e. The summed E-state index contributed by atoms with van der Waals surface area (Å²) in [5, 5.41) is 7.10. The van der Waals surface area contributed by atoms with Crippen molar-refractivity contribution in [3.05, 3.63) is 11.3 Å². The number of aromatic nitrogens is 2. The quantitative estimate of drug-likeness (QED) is 0.305. The number of aryl methyl sites for hydroxylation is 2. The highest BCUT2D eigenvalue weighted by Crippen LogP contribution is 2.19. The molecule has 4 N–H and O–H groups in total. The van der Waals surface area contributed by atoms with E-state index in [0.717, 1.165) is 0 Å². The molecule has 0 aliphatic carbocycles. The molecule has 0 aliphatic rings. The van der Waals surface area contributed by atoms with E-state index >= 15 is 0 Å². The predicted molar refractivity (Wildman–Crippen MR) is 67.4 cm³/mol. The maximum absolute atomic E-state index is 11.8. The average molecular weight is 257 g/mol. The van der Waals surface area contributed by atoms with Gasteiger partial charge in [-0.15, -0.1) is 0 Å². The maximum atomic E-state index is 11.8. The van der Waals surface area contributed by atoms with Gasteiger partial charge in [-0.05, 0) is 26.1 Å². The first kappa shape index (κ1) is 13.4. The van der Waals surface area contributed by atoms with E-state index < -0.39 is 5.97 Å². The van der Waals surface area contributed by atoms with Crippen molar-refractivity contribution in [1.29, 1.82) is 0 Å². The Morgan fingerprint density at radius 3 is 2.82 bits per heavy atom. The van der Waals surface area contributed by atoms with Crippen LogP contribution in [0.5, 0.6) is 0 Å². The Morgan fingerprint density at radius 2 is 2.29 bits per heavy atom. The van der Waals surface area contributed by atoms with Crippen LogP contribution in [-0.2, 0) is 11.8 Å². The van der Waals surface area contributed by atoms with Crippen LogP contribution in [0.1, 0.15) is 23.0 Å². The summed E-state index contributed by atoms with van der Waals surface area (Å²) >= 11 is 4.88. The molecular formula is C9H15N5O2S. The van der Waals surface area contributed by atoms with Gasteiger partial charge in [-0.3, -0.25) is 4.68 Å². The summed E-state index contributed by atoms with van der Waals surface area (Å²) in [7, 11) is 1.69. The Morgan fingerprint density at radius 1 is 1.65 bits per heavy atom. The first-order valence-corrected chi connectivity index (χ1v) is 5.40. The molecule has 0 fully saturated rings. The monoisotopic (exact) mass is 257 g/mol. The first-order valence-electron chi connectivity index (χ1n) is 4.99. The van der Waals surface area contributed by atoms with E-state index in [2.05, 4.69) is 15.8 Å². The van der Waals surface area contributed by atoms with Crippen molar-refractivity contribution in [2.24, 2.45) is 12.9 Å². The number of ether oxygens (including phenoxy) is 1. The minimum absolute atomic E-state index is 0.193. The van der Waals surface area contributed by atoms with Crippen LogP contribution >= 0.6 is 12.2 Å². The van der Waals surface area contributed by atoms with Crippen LogP contribution in [-0.4, -0.2) is 27.5 Å². The Balaban J connectivity index is 3.10. The number of hydrogen-bond acceptors (Lipinski definition) is 5. The molecule has 0 spiro atoms. The van der Waals surface area contributed by atoms with Crippen molar-refractivity contribution in [2.45, 2.75) is 13.8 Å². The lowest BCUT2D eigenvalue weighted by atomic mass is 10.2. The zero-order chi connectivity index (χ0) is 13.0. The number of carbonyl (C=O) groups excluding carboxylic acids is 1. The van der Waals surface area contributed by atoms with Crippen molar-refractivity contribution in [2.75, 3.05) is 11.9 Å². The number of hydrogen-bond donors (Lipinski definition) is 3. The van der Waals surface area contributed by atoms with E-state index in [1.54, 1.807) is 20.9 Å². The van der Waals surface area contributed by atoms with Gasteiger partial charge in [0.25, 0.3) is 0 Å². The Kier molecular flexibility index (Phi) is 4.41. The van der Waals surface area contributed by atoms with Gasteiger partial charge in [0, 0.05) is 7.05 Å². The predicted octanol–water partition coefficient (Wildman–Crippen LogP) is 0.0653. The number of hydrazine groups is 1. The summed E-state index contributed by atoms with van der Waals surface area (Å²) in [6, 6.07) is 0. The number of thiocarbonyl (C=S) groups is 1. The summed E-state index contributed by atoms with van der Waals surface area (Å²) in [4.78, 5) is 11.8. The number of esters is 1. The third-order valence-corrected chi connectivity index (χ3v) is 2.28. The second-order valence-corrected chi connectivity index (χ2v) is 3.66. The highest BCUT2D eigenvalue weighted by atomic mass is 32.1. The van der Waals surface area contributed by atoms with Gasteiger partial charge in [-0.2, -0.15) is 5.10 Å². The summed E-state index contributed by atoms with van der Waals surface area (Å²) in [5.41, 5.74) is 3.19. The van der Waals surface area contributed by atoms with E-state index in [9.17, 15) is 4.79 Å². The van der Waals surface area contributed by atoms with Gasteiger partial charge in [-0.25, -0.2) is 10.6 Å². The van der Waals surface area contributed by atoms with Crippen molar-refractivity contribution in [1.82, 2.24) is 15.2 Å². The fraction of sp³-hybridized carbons (Fsp3) is 0.444. The minimum atomic E-state index is -0.444. The molecule has 0 atom stereocenters. The molecule has 8 heteroatoms. The zero-order valence-corrected chi connectivity index (χ0v) is 10.7. The van der Waals surface area contributed by atoms with Crippen LogP contribution in [0.15, 0.2) is 0 Å². The van der Waals surface area contributed by atoms with E-state index in [-0.39, 0.29) is 5.11 Å². The minimum Gasteiger partial charge on any atom is -0.462 e. The number of nitrogens with one attached hydrogen (secondary N) is 2. The molecular weight excluding hydrogens is 242 g/mol. The molecule has 17 heavy (non-hydrogen) atoms. The second kappa shape index (κ2) is 5.60. The van der Waals surface area contributed by atoms with Crippen molar-refractivity contribution in [3.8, 4) is 0 Å². The normalized spacial score (nSPS) is 9.88. The molecule has 94 valence electrons. The lowest BCUT2D eigenvalue weighted by Crippen LogP contribution is -2.35. The number of nitrogens with two attached hydrogens (primary N) is 1. The number of carbonyl (C=O) groups is 1. The van der Waals surface area contributed by atoms with Crippen LogP contribution in [0.25, 0.3) is 0 Å². The van der Waals surface area contributed by atoms with Gasteiger partial charge < -0.3 is 15.5 Å². The van der Waals surface area contributed by atoms with Gasteiger partial charge in [0.1, 0.15) is 11.4 Å². The average Bonchev–Trinajstić information content (AvgIpc) is 2.54. The smallest absolute Gasteiger partial charge is 0.343 e. The Labute approximate surface area is 104 Å². The molecule has 0 unspecified atom stereocenters. The topological polar surface area (TPSA) is 94.2 Å². The summed E-state index contributed by atoms with van der Waals surface area (Å²) in [5.74, 6) is 5.17. The van der Waals surface area contributed by atoms with Crippen molar-refractivity contribution >= 4 is 29.1 Å². The van der Waals surface area contributed by atoms with E-state index in [4.69, 9.17) is 22.8 Å². The molecule has 0 bridgehead atoms. The van der Waals surface area contributed by atoms with Crippen LogP contribution in [0, 0.1) is 6.92 Å². The zero-order valence-electron chi connectivity index (χ0n) is 9.90. The lowest BCUT2D eigenvalue weighted by Gasteiger charge is -2.09. The van der Waals surface area contributed by atoms with E-state index in [1.807, 2.05) is 0 Å². The molecule has 7 nitrogen and oxygen atoms in total. The van der Waals surface area contributed by atoms with Gasteiger partial charge in [0.15, 0.2) is 5.11 Å². The molecule has 1 rings (SSSR count). The number of rotatable bonds is 3. The number of nitrogens with zero attached hydrogens (tertiary/aromatic N) is 2. The Bertz CT molecular complexity index is 443. The summed E-state index contributed by atoms with van der Waals surface area (Å²) < 4.78 is 6.46. The van der Waals surface area contributed by atoms with Crippen LogP contribution in [0.4, 0.5) is 5.82 Å². The van der Waals surface area contributed by atoms with Crippen molar-refractivity contribution < 1.29 is 9.53 Å².